The Balaban J connectivity index is 1.53. The van der Waals surface area contributed by atoms with Crippen LogP contribution < -0.4 is 0 Å². The summed E-state index contributed by atoms with van der Waals surface area (Å²) >= 11 is 6.37. The predicted molar refractivity (Wildman–Crippen MR) is 86.1 cm³/mol. The minimum Gasteiger partial charge on any atom is -0.419 e. The van der Waals surface area contributed by atoms with Crippen LogP contribution in [0.2, 0.25) is 5.02 Å². The fourth-order valence-corrected chi connectivity index (χ4v) is 5.87. The summed E-state index contributed by atoms with van der Waals surface area (Å²) in [4.78, 5) is 0. The summed E-state index contributed by atoms with van der Waals surface area (Å²) < 4.78 is 7.88. The van der Waals surface area contributed by atoms with Gasteiger partial charge < -0.3 is 4.42 Å². The van der Waals surface area contributed by atoms with Gasteiger partial charge in [-0.3, -0.25) is 4.68 Å². The average Bonchev–Trinajstić information content (AvgIpc) is 3.08. The third-order valence-corrected chi connectivity index (χ3v) is 6.83. The molecule has 2 aromatic rings. The Morgan fingerprint density at radius 1 is 1.09 bits per heavy atom. The van der Waals surface area contributed by atoms with Crippen molar-refractivity contribution < 1.29 is 4.42 Å². The van der Waals surface area contributed by atoms with Gasteiger partial charge >= 0.3 is 0 Å². The molecule has 6 heteroatoms. The zero-order valence-electron chi connectivity index (χ0n) is 13.5. The zero-order valence-corrected chi connectivity index (χ0v) is 14.3. The molecule has 0 aliphatic heterocycles. The topological polar surface area (TPSA) is 56.7 Å². The van der Waals surface area contributed by atoms with Gasteiger partial charge in [0.25, 0.3) is 5.89 Å². The third-order valence-electron chi connectivity index (χ3n) is 6.38. The lowest BCUT2D eigenvalue weighted by Crippen LogP contribution is -2.48. The van der Waals surface area contributed by atoms with Crippen LogP contribution in [0.4, 0.5) is 0 Å². The van der Waals surface area contributed by atoms with Crippen LogP contribution in [0.1, 0.15) is 50.1 Å². The van der Waals surface area contributed by atoms with Crippen LogP contribution in [0.15, 0.2) is 4.42 Å². The van der Waals surface area contributed by atoms with Crippen molar-refractivity contribution in [1.82, 2.24) is 20.0 Å². The monoisotopic (exact) mass is 332 g/mol. The van der Waals surface area contributed by atoms with Crippen LogP contribution in [-0.2, 0) is 12.5 Å². The average molecular weight is 333 g/mol. The van der Waals surface area contributed by atoms with Gasteiger partial charge in [-0.1, -0.05) is 11.6 Å². The lowest BCUT2D eigenvalue weighted by Gasteiger charge is -2.55. The van der Waals surface area contributed by atoms with Crippen LogP contribution >= 0.6 is 11.6 Å². The second-order valence-corrected chi connectivity index (χ2v) is 8.36. The second kappa shape index (κ2) is 4.59. The maximum Gasteiger partial charge on any atom is 0.269 e. The zero-order chi connectivity index (χ0) is 15.8. The first-order valence-corrected chi connectivity index (χ1v) is 8.95. The molecule has 0 aromatic carbocycles. The second-order valence-electron chi connectivity index (χ2n) is 7.98. The first kappa shape index (κ1) is 14.0. The van der Waals surface area contributed by atoms with E-state index in [4.69, 9.17) is 16.0 Å². The number of nitrogens with zero attached hydrogens (tertiary/aromatic N) is 4. The van der Waals surface area contributed by atoms with Crippen LogP contribution in [0, 0.1) is 24.7 Å². The molecule has 4 bridgehead atoms. The maximum atomic E-state index is 6.37. The van der Waals surface area contributed by atoms with Crippen molar-refractivity contribution >= 4 is 11.6 Å². The van der Waals surface area contributed by atoms with E-state index < -0.39 is 0 Å². The van der Waals surface area contributed by atoms with Gasteiger partial charge in [-0.15, -0.1) is 10.2 Å². The summed E-state index contributed by atoms with van der Waals surface area (Å²) in [6.07, 6.45) is 7.88. The summed E-state index contributed by atoms with van der Waals surface area (Å²) in [7, 11) is 1.88. The van der Waals surface area contributed by atoms with Crippen LogP contribution in [-0.4, -0.2) is 20.0 Å². The maximum absolute atomic E-state index is 6.37. The molecule has 6 rings (SSSR count). The Morgan fingerprint density at radius 3 is 2.22 bits per heavy atom. The quantitative estimate of drug-likeness (QED) is 0.837. The van der Waals surface area contributed by atoms with Gasteiger partial charge in [0.1, 0.15) is 0 Å². The number of rotatable bonds is 2. The Hall–Kier alpha value is -1.36. The van der Waals surface area contributed by atoms with Gasteiger partial charge in [0.2, 0.25) is 5.89 Å². The van der Waals surface area contributed by atoms with E-state index in [0.29, 0.717) is 16.6 Å². The van der Waals surface area contributed by atoms with Crippen molar-refractivity contribution in [3.63, 3.8) is 0 Å². The van der Waals surface area contributed by atoms with E-state index >= 15 is 0 Å². The summed E-state index contributed by atoms with van der Waals surface area (Å²) in [5.74, 6) is 3.86. The van der Waals surface area contributed by atoms with E-state index in [1.807, 2.05) is 14.0 Å². The molecule has 0 radical (unpaired) electrons. The van der Waals surface area contributed by atoms with Gasteiger partial charge in [-0.2, -0.15) is 5.10 Å². The minimum atomic E-state index is 0.121. The molecule has 4 aliphatic rings. The number of aromatic nitrogens is 4. The van der Waals surface area contributed by atoms with Crippen LogP contribution in [0.5, 0.6) is 0 Å². The normalized spacial score (nSPS) is 35.2. The summed E-state index contributed by atoms with van der Waals surface area (Å²) in [6, 6.07) is 0. The smallest absolute Gasteiger partial charge is 0.269 e. The van der Waals surface area contributed by atoms with Gasteiger partial charge in [0.05, 0.1) is 10.7 Å². The molecule has 2 heterocycles. The van der Waals surface area contributed by atoms with E-state index in [0.717, 1.165) is 29.3 Å². The molecule has 4 saturated carbocycles. The van der Waals surface area contributed by atoms with Crippen molar-refractivity contribution in [2.75, 3.05) is 0 Å². The van der Waals surface area contributed by atoms with Crippen molar-refractivity contribution in [2.45, 2.75) is 50.9 Å². The van der Waals surface area contributed by atoms with Gasteiger partial charge in [-0.25, -0.2) is 0 Å². The van der Waals surface area contributed by atoms with Gasteiger partial charge in [0.15, 0.2) is 5.69 Å². The molecular formula is C17H21ClN4O. The Kier molecular flexibility index (Phi) is 2.80. The number of hydrogen-bond acceptors (Lipinski definition) is 4. The molecule has 122 valence electrons. The highest BCUT2D eigenvalue weighted by Crippen LogP contribution is 2.60. The van der Waals surface area contributed by atoms with Crippen LogP contribution in [0.3, 0.4) is 0 Å². The fourth-order valence-electron chi connectivity index (χ4n) is 5.62. The lowest BCUT2D eigenvalue weighted by atomic mass is 9.49. The highest BCUT2D eigenvalue weighted by atomic mass is 35.5. The molecule has 0 amide bonds. The number of hydrogen-bond donors (Lipinski definition) is 0. The van der Waals surface area contributed by atoms with E-state index in [1.165, 1.54) is 38.5 Å². The molecular weight excluding hydrogens is 312 g/mol. The molecule has 4 fully saturated rings. The fraction of sp³-hybridized carbons (Fsp3) is 0.706. The first-order valence-electron chi connectivity index (χ1n) is 8.57. The highest BCUT2D eigenvalue weighted by Gasteiger charge is 2.54. The standard InChI is InChI=1S/C17H21ClN4O/c1-9-13(18)14(21-22(9)2)15-19-20-16(23-15)17-6-10-3-11(7-17)5-12(4-10)8-17/h10-12H,3-8H2,1-2H3. The molecule has 23 heavy (non-hydrogen) atoms. The van der Waals surface area contributed by atoms with Crippen molar-refractivity contribution in [1.29, 1.82) is 0 Å². The minimum absolute atomic E-state index is 0.121. The van der Waals surface area contributed by atoms with Crippen molar-refractivity contribution in [2.24, 2.45) is 24.8 Å². The summed E-state index contributed by atoms with van der Waals surface area (Å²) in [5, 5.41) is 13.8. The van der Waals surface area contributed by atoms with E-state index in [-0.39, 0.29) is 5.41 Å². The summed E-state index contributed by atoms with van der Waals surface area (Å²) in [5.41, 5.74) is 1.64. The Labute approximate surface area is 140 Å². The van der Waals surface area contributed by atoms with E-state index in [9.17, 15) is 0 Å². The van der Waals surface area contributed by atoms with Crippen molar-refractivity contribution in [3.05, 3.63) is 16.6 Å². The molecule has 0 atom stereocenters. The number of halogens is 1. The molecule has 5 nitrogen and oxygen atoms in total. The van der Waals surface area contributed by atoms with Crippen molar-refractivity contribution in [3.8, 4) is 11.6 Å². The first-order chi connectivity index (χ1) is 11.0. The van der Waals surface area contributed by atoms with Gasteiger partial charge in [0, 0.05) is 12.5 Å². The third kappa shape index (κ3) is 1.95. The SMILES string of the molecule is Cc1c(Cl)c(-c2nnc(C34CC5CC(CC(C5)C3)C4)o2)nn1C. The Morgan fingerprint density at radius 2 is 1.70 bits per heavy atom. The van der Waals surface area contributed by atoms with Gasteiger partial charge in [-0.05, 0) is 63.2 Å². The number of aryl methyl sites for hydroxylation is 1. The predicted octanol–water partition coefficient (Wildman–Crippen LogP) is 3.90. The largest absolute Gasteiger partial charge is 0.419 e. The molecule has 0 spiro atoms. The van der Waals surface area contributed by atoms with E-state index in [2.05, 4.69) is 15.3 Å². The summed E-state index contributed by atoms with van der Waals surface area (Å²) in [6.45, 7) is 1.94. The molecule has 2 aromatic heterocycles. The van der Waals surface area contributed by atoms with E-state index in [1.54, 1.807) is 4.68 Å². The molecule has 0 unspecified atom stereocenters. The lowest BCUT2D eigenvalue weighted by molar-refractivity contribution is -0.0176. The molecule has 0 N–H and O–H groups in total. The Bertz CT molecular complexity index is 742. The highest BCUT2D eigenvalue weighted by molar-refractivity contribution is 6.33. The molecule has 0 saturated heterocycles. The van der Waals surface area contributed by atoms with Crippen LogP contribution in [0.25, 0.3) is 11.6 Å². The molecule has 4 aliphatic carbocycles.